The third-order valence-electron chi connectivity index (χ3n) is 4.45. The van der Waals surface area contributed by atoms with Gasteiger partial charge in [-0.2, -0.15) is 0 Å². The van der Waals surface area contributed by atoms with Crippen LogP contribution in [0, 0.1) is 5.92 Å². The van der Waals surface area contributed by atoms with Gasteiger partial charge in [-0.3, -0.25) is 9.52 Å². The van der Waals surface area contributed by atoms with E-state index in [1.165, 1.54) is 12.1 Å². The van der Waals surface area contributed by atoms with Crippen LogP contribution in [0.4, 0.5) is 11.4 Å². The molecule has 3 rings (SSSR count). The van der Waals surface area contributed by atoms with Gasteiger partial charge in [0.15, 0.2) is 0 Å². The second kappa shape index (κ2) is 7.88. The van der Waals surface area contributed by atoms with E-state index in [1.54, 1.807) is 36.4 Å². The van der Waals surface area contributed by atoms with Gasteiger partial charge in [0.05, 0.1) is 4.90 Å². The molecule has 1 aliphatic rings. The molecule has 2 aromatic rings. The average molecular weight is 373 g/mol. The molecule has 7 heteroatoms. The summed E-state index contributed by atoms with van der Waals surface area (Å²) in [4.78, 5) is 12.5. The molecule has 0 unspecified atom stereocenters. The molecule has 0 bridgehead atoms. The van der Waals surface area contributed by atoms with E-state index in [4.69, 9.17) is 0 Å². The Morgan fingerprint density at radius 3 is 2.38 bits per heavy atom. The van der Waals surface area contributed by atoms with E-state index in [9.17, 15) is 13.2 Å². The third-order valence-corrected chi connectivity index (χ3v) is 5.85. The van der Waals surface area contributed by atoms with Gasteiger partial charge in [0.1, 0.15) is 0 Å². The van der Waals surface area contributed by atoms with Gasteiger partial charge in [-0.05, 0) is 62.7 Å². The standard InChI is InChI=1S/C19H23N3O3S/c1-14-13-15(11-12-20-14)19(23)21-16-7-9-18(10-8-16)26(24,25)22-17-5-3-2-4-6-17/h2-10,14-15,20,22H,11-13H2,1H3,(H,21,23)/t14-,15-/m0/s1. The van der Waals surface area contributed by atoms with Crippen molar-refractivity contribution in [2.75, 3.05) is 16.6 Å². The number of para-hydroxylation sites is 1. The predicted octanol–water partition coefficient (Wildman–Crippen LogP) is 2.81. The van der Waals surface area contributed by atoms with E-state index in [-0.39, 0.29) is 16.7 Å². The molecule has 0 aliphatic carbocycles. The zero-order chi connectivity index (χ0) is 18.6. The molecule has 1 aliphatic heterocycles. The molecule has 3 N–H and O–H groups in total. The van der Waals surface area contributed by atoms with Gasteiger partial charge in [-0.15, -0.1) is 0 Å². The molecule has 2 atom stereocenters. The average Bonchev–Trinajstić information content (AvgIpc) is 2.62. The second-order valence-corrected chi connectivity index (χ2v) is 8.24. The first kappa shape index (κ1) is 18.4. The first-order valence-corrected chi connectivity index (χ1v) is 10.1. The lowest BCUT2D eigenvalue weighted by Crippen LogP contribution is -2.40. The molecule has 0 radical (unpaired) electrons. The zero-order valence-corrected chi connectivity index (χ0v) is 15.4. The molecule has 1 saturated heterocycles. The fraction of sp³-hybridized carbons (Fsp3) is 0.316. The van der Waals surface area contributed by atoms with Gasteiger partial charge in [-0.25, -0.2) is 8.42 Å². The minimum atomic E-state index is -3.66. The number of hydrogen-bond donors (Lipinski definition) is 3. The van der Waals surface area contributed by atoms with Crippen molar-refractivity contribution in [3.05, 3.63) is 54.6 Å². The van der Waals surface area contributed by atoms with E-state index < -0.39 is 10.0 Å². The maximum absolute atomic E-state index is 12.4. The number of rotatable bonds is 5. The third kappa shape index (κ3) is 4.62. The van der Waals surface area contributed by atoms with Gasteiger partial charge in [-0.1, -0.05) is 18.2 Å². The van der Waals surface area contributed by atoms with Crippen molar-refractivity contribution < 1.29 is 13.2 Å². The number of anilines is 2. The molecule has 1 heterocycles. The van der Waals surface area contributed by atoms with E-state index in [1.807, 2.05) is 6.07 Å². The lowest BCUT2D eigenvalue weighted by atomic mass is 9.92. The minimum absolute atomic E-state index is 0.0173. The fourth-order valence-corrected chi connectivity index (χ4v) is 4.11. The van der Waals surface area contributed by atoms with Crippen molar-refractivity contribution in [2.45, 2.75) is 30.7 Å². The summed E-state index contributed by atoms with van der Waals surface area (Å²) in [5.41, 5.74) is 1.10. The number of benzene rings is 2. The largest absolute Gasteiger partial charge is 0.326 e. The maximum atomic E-state index is 12.4. The van der Waals surface area contributed by atoms with Crippen LogP contribution in [0.5, 0.6) is 0 Å². The van der Waals surface area contributed by atoms with Crippen LogP contribution in [0.2, 0.25) is 0 Å². The van der Waals surface area contributed by atoms with E-state index in [0.717, 1.165) is 19.4 Å². The van der Waals surface area contributed by atoms with Crippen LogP contribution in [0.25, 0.3) is 0 Å². The number of sulfonamides is 1. The fourth-order valence-electron chi connectivity index (χ4n) is 3.05. The van der Waals surface area contributed by atoms with Crippen LogP contribution in [0.3, 0.4) is 0 Å². The van der Waals surface area contributed by atoms with Crippen LogP contribution < -0.4 is 15.4 Å². The molecule has 26 heavy (non-hydrogen) atoms. The van der Waals surface area contributed by atoms with Crippen molar-refractivity contribution in [3.8, 4) is 0 Å². The van der Waals surface area contributed by atoms with Gasteiger partial charge in [0.25, 0.3) is 10.0 Å². The van der Waals surface area contributed by atoms with Crippen molar-refractivity contribution in [1.82, 2.24) is 5.32 Å². The Balaban J connectivity index is 1.65. The van der Waals surface area contributed by atoms with Crippen molar-refractivity contribution in [1.29, 1.82) is 0 Å². The van der Waals surface area contributed by atoms with E-state index in [0.29, 0.717) is 17.4 Å². The molecule has 0 spiro atoms. The Hall–Kier alpha value is -2.38. The summed E-state index contributed by atoms with van der Waals surface area (Å²) in [6, 6.07) is 15.3. The number of piperidine rings is 1. The molecule has 6 nitrogen and oxygen atoms in total. The Labute approximate surface area is 154 Å². The highest BCUT2D eigenvalue weighted by atomic mass is 32.2. The lowest BCUT2D eigenvalue weighted by Gasteiger charge is -2.27. The minimum Gasteiger partial charge on any atom is -0.326 e. The maximum Gasteiger partial charge on any atom is 0.261 e. The van der Waals surface area contributed by atoms with Crippen LogP contribution in [0.15, 0.2) is 59.5 Å². The highest BCUT2D eigenvalue weighted by Crippen LogP contribution is 2.21. The molecule has 1 amide bonds. The monoisotopic (exact) mass is 373 g/mol. The number of hydrogen-bond acceptors (Lipinski definition) is 4. The number of carbonyl (C=O) groups is 1. The SMILES string of the molecule is C[C@H]1C[C@@H](C(=O)Nc2ccc(S(=O)(=O)Nc3ccccc3)cc2)CCN1. The Morgan fingerprint density at radius 1 is 1.04 bits per heavy atom. The summed E-state index contributed by atoms with van der Waals surface area (Å²) in [5.74, 6) is -0.0363. The van der Waals surface area contributed by atoms with E-state index in [2.05, 4.69) is 22.3 Å². The van der Waals surface area contributed by atoms with Crippen molar-refractivity contribution in [3.63, 3.8) is 0 Å². The Bertz CT molecular complexity index is 851. The summed E-state index contributed by atoms with van der Waals surface area (Å²) >= 11 is 0. The Morgan fingerprint density at radius 2 is 1.73 bits per heavy atom. The van der Waals surface area contributed by atoms with Gasteiger partial charge in [0, 0.05) is 23.3 Å². The van der Waals surface area contributed by atoms with Gasteiger partial charge in [0.2, 0.25) is 5.91 Å². The summed E-state index contributed by atoms with van der Waals surface area (Å²) < 4.78 is 27.4. The van der Waals surface area contributed by atoms with Crippen molar-refractivity contribution in [2.24, 2.45) is 5.92 Å². The van der Waals surface area contributed by atoms with Gasteiger partial charge < -0.3 is 10.6 Å². The van der Waals surface area contributed by atoms with Gasteiger partial charge >= 0.3 is 0 Å². The normalized spacial score (nSPS) is 20.3. The summed E-state index contributed by atoms with van der Waals surface area (Å²) in [6.45, 7) is 2.90. The van der Waals surface area contributed by atoms with Crippen LogP contribution in [0.1, 0.15) is 19.8 Å². The molecule has 138 valence electrons. The quantitative estimate of drug-likeness (QED) is 0.752. The first-order chi connectivity index (χ1) is 12.4. The molecule has 1 fully saturated rings. The van der Waals surface area contributed by atoms with Crippen LogP contribution in [-0.4, -0.2) is 26.9 Å². The molecule has 0 saturated carbocycles. The molecular weight excluding hydrogens is 350 g/mol. The Kier molecular flexibility index (Phi) is 5.58. The topological polar surface area (TPSA) is 87.3 Å². The van der Waals surface area contributed by atoms with Crippen LogP contribution >= 0.6 is 0 Å². The van der Waals surface area contributed by atoms with E-state index >= 15 is 0 Å². The lowest BCUT2D eigenvalue weighted by molar-refractivity contribution is -0.120. The highest BCUT2D eigenvalue weighted by Gasteiger charge is 2.24. The summed E-state index contributed by atoms with van der Waals surface area (Å²) in [5, 5.41) is 6.20. The van der Waals surface area contributed by atoms with Crippen LogP contribution in [-0.2, 0) is 14.8 Å². The zero-order valence-electron chi connectivity index (χ0n) is 14.6. The summed E-state index contributed by atoms with van der Waals surface area (Å²) in [7, 11) is -3.66. The smallest absolute Gasteiger partial charge is 0.261 e. The number of nitrogens with one attached hydrogen (secondary N) is 3. The second-order valence-electron chi connectivity index (χ2n) is 6.56. The molecular formula is C19H23N3O3S. The predicted molar refractivity (Wildman–Crippen MR) is 103 cm³/mol. The first-order valence-electron chi connectivity index (χ1n) is 8.66. The highest BCUT2D eigenvalue weighted by molar-refractivity contribution is 7.92. The number of carbonyl (C=O) groups excluding carboxylic acids is 1. The number of amides is 1. The molecule has 0 aromatic heterocycles. The summed E-state index contributed by atoms with van der Waals surface area (Å²) in [6.07, 6.45) is 1.61. The van der Waals surface area contributed by atoms with Crippen molar-refractivity contribution >= 4 is 27.3 Å². The molecule has 2 aromatic carbocycles.